The number of amides is 2. The molecule has 6 nitrogen and oxygen atoms in total. The maximum Gasteiger partial charge on any atom is 0.242 e. The van der Waals surface area contributed by atoms with Gasteiger partial charge in [0, 0.05) is 25.4 Å². The van der Waals surface area contributed by atoms with Crippen LogP contribution in [0.5, 0.6) is 0 Å². The van der Waals surface area contributed by atoms with Crippen molar-refractivity contribution in [1.82, 2.24) is 15.2 Å². The Labute approximate surface area is 138 Å². The molecule has 3 aliphatic rings. The van der Waals surface area contributed by atoms with Crippen molar-refractivity contribution in [2.24, 2.45) is 4.99 Å². The van der Waals surface area contributed by atoms with E-state index in [1.165, 1.54) is 0 Å². The van der Waals surface area contributed by atoms with Gasteiger partial charge in [-0.1, -0.05) is 0 Å². The molecule has 124 valence electrons. The second-order valence-corrected chi connectivity index (χ2v) is 6.22. The topological polar surface area (TPSA) is 74.7 Å². The molecular weight excluding hydrogens is 311 g/mol. The normalized spacial score (nSPS) is 23.5. The van der Waals surface area contributed by atoms with E-state index in [-0.39, 0.29) is 43.2 Å². The van der Waals surface area contributed by atoms with Crippen molar-refractivity contribution in [3.8, 4) is 0 Å². The average molecular weight is 328 g/mol. The molecule has 7 heteroatoms. The fraction of sp³-hybridized carbons (Fsp3) is 0.412. The van der Waals surface area contributed by atoms with Crippen molar-refractivity contribution < 1.29 is 14.0 Å². The number of pyridine rings is 1. The first-order valence-electron chi connectivity index (χ1n) is 8.09. The molecular formula is C17H17FN4O2. The van der Waals surface area contributed by atoms with Crippen LogP contribution < -0.4 is 5.32 Å². The highest BCUT2D eigenvalue weighted by atomic mass is 19.1. The van der Waals surface area contributed by atoms with Crippen LogP contribution in [0.3, 0.4) is 0 Å². The van der Waals surface area contributed by atoms with Gasteiger partial charge >= 0.3 is 0 Å². The van der Waals surface area contributed by atoms with Crippen LogP contribution in [0, 0.1) is 0 Å². The van der Waals surface area contributed by atoms with E-state index in [0.717, 1.165) is 22.4 Å². The van der Waals surface area contributed by atoms with Crippen molar-refractivity contribution >= 4 is 23.4 Å². The Hall–Kier alpha value is -2.57. The van der Waals surface area contributed by atoms with E-state index in [2.05, 4.69) is 15.3 Å². The highest BCUT2D eigenvalue weighted by Gasteiger charge is 2.36. The molecule has 4 rings (SSSR count). The number of hydrogen-bond donors (Lipinski definition) is 1. The number of rotatable bonds is 1. The lowest BCUT2D eigenvalue weighted by atomic mass is 9.87. The first-order valence-corrected chi connectivity index (χ1v) is 8.09. The molecule has 0 spiro atoms. The minimum Gasteiger partial charge on any atom is -0.347 e. The van der Waals surface area contributed by atoms with Crippen LogP contribution in [-0.4, -0.2) is 40.8 Å². The molecule has 0 radical (unpaired) electrons. The van der Waals surface area contributed by atoms with E-state index in [9.17, 15) is 14.0 Å². The molecule has 0 aromatic carbocycles. The number of hydrogen-bond acceptors (Lipinski definition) is 4. The molecule has 0 aliphatic carbocycles. The van der Waals surface area contributed by atoms with Gasteiger partial charge in [-0.2, -0.15) is 4.39 Å². The summed E-state index contributed by atoms with van der Waals surface area (Å²) in [6.07, 6.45) is 5.02. The predicted octanol–water partition coefficient (Wildman–Crippen LogP) is 1.53. The number of halogens is 1. The monoisotopic (exact) mass is 328 g/mol. The molecule has 1 aromatic rings. The summed E-state index contributed by atoms with van der Waals surface area (Å²) >= 11 is 0. The van der Waals surface area contributed by atoms with E-state index in [1.807, 2.05) is 6.07 Å². The Kier molecular flexibility index (Phi) is 3.63. The van der Waals surface area contributed by atoms with Crippen LogP contribution in [-0.2, 0) is 16.0 Å². The van der Waals surface area contributed by atoms with Crippen LogP contribution in [0.15, 0.2) is 23.5 Å². The van der Waals surface area contributed by atoms with E-state index in [0.29, 0.717) is 19.4 Å². The zero-order valence-electron chi connectivity index (χ0n) is 13.1. The summed E-state index contributed by atoms with van der Waals surface area (Å²) in [5.74, 6) is -0.537. The van der Waals surface area contributed by atoms with Crippen LogP contribution in [0.25, 0.3) is 5.57 Å². The van der Waals surface area contributed by atoms with Crippen molar-refractivity contribution in [3.05, 3.63) is 35.3 Å². The van der Waals surface area contributed by atoms with E-state index >= 15 is 0 Å². The number of fused-ring (bicyclic) bond motifs is 3. The second kappa shape index (κ2) is 5.81. The second-order valence-electron chi connectivity index (χ2n) is 6.22. The fourth-order valence-corrected chi connectivity index (χ4v) is 3.65. The Morgan fingerprint density at radius 3 is 2.92 bits per heavy atom. The number of aliphatic imine (C=N–C) groups is 1. The Balaban J connectivity index is 1.77. The van der Waals surface area contributed by atoms with Gasteiger partial charge in [0.25, 0.3) is 0 Å². The summed E-state index contributed by atoms with van der Waals surface area (Å²) in [6, 6.07) is 1.63. The Bertz CT molecular complexity index is 787. The maximum absolute atomic E-state index is 13.2. The highest BCUT2D eigenvalue weighted by Crippen LogP contribution is 2.37. The number of aromatic nitrogens is 1. The molecule has 2 amide bonds. The third-order valence-corrected chi connectivity index (χ3v) is 4.83. The molecule has 1 atom stereocenters. The van der Waals surface area contributed by atoms with E-state index < -0.39 is 0 Å². The summed E-state index contributed by atoms with van der Waals surface area (Å²) in [6.45, 7) is 0.622. The van der Waals surface area contributed by atoms with Gasteiger partial charge in [-0.25, -0.2) is 4.99 Å². The summed E-state index contributed by atoms with van der Waals surface area (Å²) < 4.78 is 13.2. The Morgan fingerprint density at radius 1 is 1.25 bits per heavy atom. The Morgan fingerprint density at radius 2 is 2.12 bits per heavy atom. The molecule has 0 bridgehead atoms. The number of carbonyl (C=O) groups is 2. The molecule has 4 heterocycles. The number of nitrogens with zero attached hydrogens (tertiary/aromatic N) is 3. The summed E-state index contributed by atoms with van der Waals surface area (Å²) in [5.41, 5.74) is 3.74. The standard InChI is InChI=1S/C17H17FN4O2/c18-14-2-1-10(8-20-14)17-12-4-6-22-13(11(12)3-5-19-17)7-15(23)21-9-16(22)24/h3,5,8,13H,1-2,4,6-7,9H2,(H,21,23). The lowest BCUT2D eigenvalue weighted by Gasteiger charge is -2.36. The van der Waals surface area contributed by atoms with Crippen molar-refractivity contribution in [1.29, 1.82) is 0 Å². The molecule has 1 unspecified atom stereocenters. The zero-order chi connectivity index (χ0) is 16.7. The van der Waals surface area contributed by atoms with Crippen LogP contribution in [0.4, 0.5) is 4.39 Å². The maximum atomic E-state index is 13.2. The molecule has 1 fully saturated rings. The first-order chi connectivity index (χ1) is 11.6. The van der Waals surface area contributed by atoms with Gasteiger partial charge in [-0.05, 0) is 35.6 Å². The zero-order valence-corrected chi connectivity index (χ0v) is 13.1. The average Bonchev–Trinajstić information content (AvgIpc) is 2.74. The van der Waals surface area contributed by atoms with E-state index in [1.54, 1.807) is 17.3 Å². The van der Waals surface area contributed by atoms with Crippen LogP contribution in [0.2, 0.25) is 0 Å². The molecule has 1 saturated heterocycles. The minimum absolute atomic E-state index is 0.0570. The van der Waals surface area contributed by atoms with Gasteiger partial charge in [-0.3, -0.25) is 14.6 Å². The summed E-state index contributed by atoms with van der Waals surface area (Å²) in [5, 5.41) is 2.65. The van der Waals surface area contributed by atoms with Gasteiger partial charge in [0.15, 0.2) is 5.97 Å². The molecule has 3 aliphatic heterocycles. The molecule has 0 saturated carbocycles. The summed E-state index contributed by atoms with van der Waals surface area (Å²) in [4.78, 5) is 34.2. The van der Waals surface area contributed by atoms with Crippen molar-refractivity contribution in [2.75, 3.05) is 13.1 Å². The summed E-state index contributed by atoms with van der Waals surface area (Å²) in [7, 11) is 0. The first kappa shape index (κ1) is 15.0. The lowest BCUT2D eigenvalue weighted by Crippen LogP contribution is -2.41. The van der Waals surface area contributed by atoms with Crippen LogP contribution in [0.1, 0.15) is 42.1 Å². The number of allylic oxidation sites excluding steroid dienone is 1. The number of nitrogens with one attached hydrogen (secondary N) is 1. The minimum atomic E-state index is -0.360. The van der Waals surface area contributed by atoms with Crippen molar-refractivity contribution in [3.63, 3.8) is 0 Å². The molecule has 1 N–H and O–H groups in total. The van der Waals surface area contributed by atoms with Gasteiger partial charge in [0.2, 0.25) is 11.8 Å². The predicted molar refractivity (Wildman–Crippen MR) is 85.8 cm³/mol. The fourth-order valence-electron chi connectivity index (χ4n) is 3.65. The van der Waals surface area contributed by atoms with Gasteiger partial charge < -0.3 is 10.2 Å². The van der Waals surface area contributed by atoms with Gasteiger partial charge in [0.05, 0.1) is 24.7 Å². The van der Waals surface area contributed by atoms with Gasteiger partial charge in [0.1, 0.15) is 0 Å². The SMILES string of the molecule is O=C1CC2c3ccnc(C4=CN=C(F)CC4)c3CCN2C(=O)CN1. The lowest BCUT2D eigenvalue weighted by molar-refractivity contribution is -0.132. The highest BCUT2D eigenvalue weighted by molar-refractivity contribution is 5.88. The smallest absolute Gasteiger partial charge is 0.242 e. The van der Waals surface area contributed by atoms with Crippen molar-refractivity contribution in [2.45, 2.75) is 31.7 Å². The quantitative estimate of drug-likeness (QED) is 0.849. The largest absolute Gasteiger partial charge is 0.347 e. The molecule has 24 heavy (non-hydrogen) atoms. The van der Waals surface area contributed by atoms with E-state index in [4.69, 9.17) is 0 Å². The number of carbonyl (C=O) groups excluding carboxylic acids is 2. The van der Waals surface area contributed by atoms with Gasteiger partial charge in [-0.15, -0.1) is 0 Å². The third-order valence-electron chi connectivity index (χ3n) is 4.83. The van der Waals surface area contributed by atoms with Crippen LogP contribution >= 0.6 is 0 Å². The third kappa shape index (κ3) is 2.50. The molecule has 1 aromatic heterocycles.